The monoisotopic (exact) mass is 210 g/mol. The van der Waals surface area contributed by atoms with Crippen LogP contribution in [-0.2, 0) is 4.74 Å². The Labute approximate surface area is 88.1 Å². The van der Waals surface area contributed by atoms with Gasteiger partial charge in [-0.2, -0.15) is 0 Å². The summed E-state index contributed by atoms with van der Waals surface area (Å²) < 4.78 is 4.98. The number of ether oxygens (including phenoxy) is 1. The zero-order chi connectivity index (χ0) is 11.3. The number of aromatic nitrogens is 1. The summed E-state index contributed by atoms with van der Waals surface area (Å²) >= 11 is 0. The highest BCUT2D eigenvalue weighted by molar-refractivity contribution is 5.94. The molecule has 0 aliphatic carbocycles. The summed E-state index contributed by atoms with van der Waals surface area (Å²) in [5, 5.41) is 11.8. The Bertz CT molecular complexity index is 341. The average molecular weight is 210 g/mol. The number of hydrogen-bond donors (Lipinski definition) is 2. The third kappa shape index (κ3) is 3.55. The van der Waals surface area contributed by atoms with Crippen molar-refractivity contribution < 1.29 is 14.6 Å². The van der Waals surface area contributed by atoms with Gasteiger partial charge < -0.3 is 15.2 Å². The Morgan fingerprint density at radius 3 is 3.00 bits per heavy atom. The Hall–Kier alpha value is -1.62. The highest BCUT2D eigenvalue weighted by atomic mass is 16.5. The zero-order valence-electron chi connectivity index (χ0n) is 8.73. The largest absolute Gasteiger partial charge is 0.506 e. The number of amides is 1. The van der Waals surface area contributed by atoms with Crippen LogP contribution in [0.15, 0.2) is 18.5 Å². The maximum absolute atomic E-state index is 11.5. The van der Waals surface area contributed by atoms with E-state index in [0.29, 0.717) is 12.1 Å². The van der Waals surface area contributed by atoms with Gasteiger partial charge in [-0.3, -0.25) is 9.78 Å². The summed E-state index contributed by atoms with van der Waals surface area (Å²) in [4.78, 5) is 15.2. The van der Waals surface area contributed by atoms with Crippen molar-refractivity contribution in [3.8, 4) is 5.75 Å². The van der Waals surface area contributed by atoms with Crippen molar-refractivity contribution in [2.75, 3.05) is 13.7 Å². The van der Waals surface area contributed by atoms with Crippen LogP contribution in [0.25, 0.3) is 0 Å². The van der Waals surface area contributed by atoms with Gasteiger partial charge in [-0.05, 0) is 13.0 Å². The Morgan fingerprint density at radius 2 is 2.40 bits per heavy atom. The summed E-state index contributed by atoms with van der Waals surface area (Å²) in [6.07, 6.45) is 2.63. The summed E-state index contributed by atoms with van der Waals surface area (Å²) in [5.74, 6) is -0.301. The molecule has 0 spiro atoms. The molecule has 0 bridgehead atoms. The molecule has 0 saturated heterocycles. The number of nitrogens with zero attached hydrogens (tertiary/aromatic N) is 1. The molecule has 82 valence electrons. The van der Waals surface area contributed by atoms with Crippen molar-refractivity contribution in [3.05, 3.63) is 24.0 Å². The Kier molecular flexibility index (Phi) is 4.05. The molecule has 2 N–H and O–H groups in total. The van der Waals surface area contributed by atoms with Gasteiger partial charge in [0.05, 0.1) is 17.9 Å². The van der Waals surface area contributed by atoms with Crippen LogP contribution in [0, 0.1) is 0 Å². The van der Waals surface area contributed by atoms with E-state index in [1.807, 2.05) is 6.92 Å². The van der Waals surface area contributed by atoms with E-state index in [9.17, 15) is 4.79 Å². The van der Waals surface area contributed by atoms with E-state index in [-0.39, 0.29) is 17.8 Å². The third-order valence-corrected chi connectivity index (χ3v) is 1.94. The molecule has 15 heavy (non-hydrogen) atoms. The van der Waals surface area contributed by atoms with Gasteiger partial charge in [0, 0.05) is 19.9 Å². The normalized spacial score (nSPS) is 12.1. The fourth-order valence-corrected chi connectivity index (χ4v) is 0.974. The molecule has 1 unspecified atom stereocenters. The van der Waals surface area contributed by atoms with Crippen molar-refractivity contribution in [1.29, 1.82) is 0 Å². The van der Waals surface area contributed by atoms with Crippen LogP contribution >= 0.6 is 0 Å². The number of aromatic hydroxyl groups is 1. The molecule has 1 rings (SSSR count). The highest BCUT2D eigenvalue weighted by Gasteiger charge is 2.07. The first kappa shape index (κ1) is 11.5. The minimum Gasteiger partial charge on any atom is -0.506 e. The van der Waals surface area contributed by atoms with Gasteiger partial charge in [0.1, 0.15) is 5.75 Å². The lowest BCUT2D eigenvalue weighted by Crippen LogP contribution is -2.31. The predicted octanol–water partition coefficient (Wildman–Crippen LogP) is 0.552. The van der Waals surface area contributed by atoms with Gasteiger partial charge in [0.2, 0.25) is 0 Å². The molecular weight excluding hydrogens is 196 g/mol. The van der Waals surface area contributed by atoms with E-state index in [1.165, 1.54) is 18.5 Å². The summed E-state index contributed by atoms with van der Waals surface area (Å²) in [6, 6.07) is 1.36. The molecule has 5 heteroatoms. The number of hydrogen-bond acceptors (Lipinski definition) is 4. The van der Waals surface area contributed by atoms with E-state index < -0.39 is 0 Å². The first-order chi connectivity index (χ1) is 7.13. The minimum atomic E-state index is -0.276. The molecule has 0 fully saturated rings. The van der Waals surface area contributed by atoms with Crippen molar-refractivity contribution in [2.45, 2.75) is 13.0 Å². The van der Waals surface area contributed by atoms with Gasteiger partial charge >= 0.3 is 0 Å². The van der Waals surface area contributed by atoms with Gasteiger partial charge in [-0.25, -0.2) is 0 Å². The second kappa shape index (κ2) is 5.31. The smallest absolute Gasteiger partial charge is 0.253 e. The molecule has 1 heterocycles. The molecule has 0 aromatic carbocycles. The van der Waals surface area contributed by atoms with Gasteiger partial charge in [0.15, 0.2) is 0 Å². The van der Waals surface area contributed by atoms with Crippen molar-refractivity contribution in [2.24, 2.45) is 0 Å². The molecule has 0 radical (unpaired) electrons. The van der Waals surface area contributed by atoms with Gasteiger partial charge in [-0.15, -0.1) is 0 Å². The van der Waals surface area contributed by atoms with Gasteiger partial charge in [-0.1, -0.05) is 0 Å². The Morgan fingerprint density at radius 1 is 1.67 bits per heavy atom. The quantitative estimate of drug-likeness (QED) is 0.761. The maximum Gasteiger partial charge on any atom is 0.253 e. The van der Waals surface area contributed by atoms with E-state index in [2.05, 4.69) is 10.3 Å². The van der Waals surface area contributed by atoms with E-state index in [1.54, 1.807) is 7.11 Å². The standard InChI is InChI=1S/C10H14N2O3/c1-7(15-2)4-12-10(14)8-3-9(13)6-11-5-8/h3,5-7,13H,4H2,1-2H3,(H,12,14). The molecule has 1 aromatic rings. The third-order valence-electron chi connectivity index (χ3n) is 1.94. The molecule has 5 nitrogen and oxygen atoms in total. The number of nitrogens with one attached hydrogen (secondary N) is 1. The zero-order valence-corrected chi connectivity index (χ0v) is 8.73. The fourth-order valence-electron chi connectivity index (χ4n) is 0.974. The number of rotatable bonds is 4. The number of methoxy groups -OCH3 is 1. The van der Waals surface area contributed by atoms with Crippen molar-refractivity contribution in [3.63, 3.8) is 0 Å². The van der Waals surface area contributed by atoms with Crippen LogP contribution in [0.1, 0.15) is 17.3 Å². The number of pyridine rings is 1. The topological polar surface area (TPSA) is 71.5 Å². The first-order valence-corrected chi connectivity index (χ1v) is 4.58. The SMILES string of the molecule is COC(C)CNC(=O)c1cncc(O)c1. The van der Waals surface area contributed by atoms with Crippen LogP contribution < -0.4 is 5.32 Å². The number of carbonyl (C=O) groups excluding carboxylic acids is 1. The summed E-state index contributed by atoms with van der Waals surface area (Å²) in [5.41, 5.74) is 0.332. The Balaban J connectivity index is 2.54. The van der Waals surface area contributed by atoms with Crippen LogP contribution in [0.2, 0.25) is 0 Å². The molecule has 0 saturated carbocycles. The highest BCUT2D eigenvalue weighted by Crippen LogP contribution is 2.07. The van der Waals surface area contributed by atoms with Crippen LogP contribution in [0.3, 0.4) is 0 Å². The lowest BCUT2D eigenvalue weighted by atomic mass is 10.2. The summed E-state index contributed by atoms with van der Waals surface area (Å²) in [7, 11) is 1.58. The van der Waals surface area contributed by atoms with E-state index >= 15 is 0 Å². The minimum absolute atomic E-state index is 0.0255. The molecule has 1 atom stereocenters. The second-order valence-electron chi connectivity index (χ2n) is 3.19. The lowest BCUT2D eigenvalue weighted by Gasteiger charge is -2.10. The lowest BCUT2D eigenvalue weighted by molar-refractivity contribution is 0.0870. The first-order valence-electron chi connectivity index (χ1n) is 4.58. The van der Waals surface area contributed by atoms with Crippen LogP contribution in [-0.4, -0.2) is 35.8 Å². The second-order valence-corrected chi connectivity index (χ2v) is 3.19. The van der Waals surface area contributed by atoms with E-state index in [0.717, 1.165) is 0 Å². The fraction of sp³-hybridized carbons (Fsp3) is 0.400. The predicted molar refractivity (Wildman–Crippen MR) is 54.7 cm³/mol. The van der Waals surface area contributed by atoms with Crippen molar-refractivity contribution in [1.82, 2.24) is 10.3 Å². The molecular formula is C10H14N2O3. The maximum atomic E-state index is 11.5. The van der Waals surface area contributed by atoms with Crippen LogP contribution in [0.4, 0.5) is 0 Å². The van der Waals surface area contributed by atoms with E-state index in [4.69, 9.17) is 9.84 Å². The number of carbonyl (C=O) groups is 1. The average Bonchev–Trinajstić information content (AvgIpc) is 2.25. The summed E-state index contributed by atoms with van der Waals surface area (Å²) in [6.45, 7) is 2.27. The van der Waals surface area contributed by atoms with Crippen molar-refractivity contribution >= 4 is 5.91 Å². The molecule has 0 aliphatic heterocycles. The van der Waals surface area contributed by atoms with Crippen LogP contribution in [0.5, 0.6) is 5.75 Å². The van der Waals surface area contributed by atoms with Gasteiger partial charge in [0.25, 0.3) is 5.91 Å². The molecule has 0 aliphatic rings. The molecule has 1 aromatic heterocycles. The molecule has 1 amide bonds.